The van der Waals surface area contributed by atoms with E-state index in [-0.39, 0.29) is 1.43 Å². The Morgan fingerprint density at radius 1 is 0.312 bits per heavy atom. The van der Waals surface area contributed by atoms with Gasteiger partial charge >= 0.3 is 0 Å². The van der Waals surface area contributed by atoms with E-state index in [1.165, 1.54) is 65.3 Å². The Kier molecular flexibility index (Phi) is 5.14. The standard InChI is InChI=1S/C46H26O2.H2/c1-2-12-28-23-29(22-21-27(28)11-1)44-33-16-5-7-18-35(33)45(36-19-8-6-17-34(36)44)38-25-43-46(32-15-4-3-13-30(32)38)39-26-41-37(24-42(39)48-43)31-14-9-10-20-40(31)47-41;/h1-26H;1H/i;1+1. The van der Waals surface area contributed by atoms with Crippen molar-refractivity contribution in [2.24, 2.45) is 0 Å². The number of hydrogen-bond acceptors (Lipinski definition) is 2. The van der Waals surface area contributed by atoms with Crippen LogP contribution < -0.4 is 0 Å². The summed E-state index contributed by atoms with van der Waals surface area (Å²) in [5.74, 6) is 0. The van der Waals surface area contributed by atoms with Crippen molar-refractivity contribution in [3.8, 4) is 22.3 Å². The van der Waals surface area contributed by atoms with E-state index >= 15 is 0 Å². The molecule has 0 aliphatic heterocycles. The first-order chi connectivity index (χ1) is 23.8. The topological polar surface area (TPSA) is 26.3 Å². The molecule has 0 aliphatic rings. The highest BCUT2D eigenvalue weighted by atomic mass is 16.3. The number of para-hydroxylation sites is 1. The van der Waals surface area contributed by atoms with Gasteiger partial charge in [0, 0.05) is 23.0 Å². The van der Waals surface area contributed by atoms with Crippen LogP contribution >= 0.6 is 0 Å². The van der Waals surface area contributed by atoms with E-state index in [0.717, 1.165) is 43.9 Å². The molecule has 0 amide bonds. The molecular formula is C46H28O2. The molecule has 0 fully saturated rings. The molecule has 2 heteroatoms. The number of rotatable bonds is 2. The van der Waals surface area contributed by atoms with Crippen molar-refractivity contribution in [1.29, 1.82) is 0 Å². The van der Waals surface area contributed by atoms with Crippen LogP contribution in [0.5, 0.6) is 0 Å². The van der Waals surface area contributed by atoms with Crippen LogP contribution in [-0.4, -0.2) is 0 Å². The van der Waals surface area contributed by atoms with Gasteiger partial charge in [0.1, 0.15) is 22.3 Å². The van der Waals surface area contributed by atoms with Gasteiger partial charge in [-0.3, -0.25) is 0 Å². The zero-order valence-electron chi connectivity index (χ0n) is 25.8. The molecule has 0 spiro atoms. The molecule has 224 valence electrons. The Bertz CT molecular complexity index is 3070. The second-order valence-electron chi connectivity index (χ2n) is 12.8. The minimum absolute atomic E-state index is 0. The van der Waals surface area contributed by atoms with E-state index in [4.69, 9.17) is 8.83 Å². The van der Waals surface area contributed by atoms with E-state index < -0.39 is 0 Å². The third kappa shape index (κ3) is 3.52. The quantitative estimate of drug-likeness (QED) is 0.181. The summed E-state index contributed by atoms with van der Waals surface area (Å²) >= 11 is 0. The highest BCUT2D eigenvalue weighted by molar-refractivity contribution is 6.29. The summed E-state index contributed by atoms with van der Waals surface area (Å²) in [6.45, 7) is 0. The molecule has 0 N–H and O–H groups in total. The zero-order valence-corrected chi connectivity index (χ0v) is 25.8. The van der Waals surface area contributed by atoms with Gasteiger partial charge in [0.05, 0.1) is 0 Å². The van der Waals surface area contributed by atoms with Gasteiger partial charge < -0.3 is 8.83 Å². The highest BCUT2D eigenvalue weighted by Crippen LogP contribution is 2.48. The largest absolute Gasteiger partial charge is 0.456 e. The fourth-order valence-electron chi connectivity index (χ4n) is 8.14. The normalized spacial score (nSPS) is 12.2. The van der Waals surface area contributed by atoms with Crippen molar-refractivity contribution < 1.29 is 10.3 Å². The summed E-state index contributed by atoms with van der Waals surface area (Å²) < 4.78 is 13.1. The van der Waals surface area contributed by atoms with E-state index in [1.54, 1.807) is 0 Å². The summed E-state index contributed by atoms with van der Waals surface area (Å²) in [7, 11) is 0. The first-order valence-electron chi connectivity index (χ1n) is 16.4. The number of benzene rings is 9. The second kappa shape index (κ2) is 9.57. The molecule has 11 rings (SSSR count). The summed E-state index contributed by atoms with van der Waals surface area (Å²) in [4.78, 5) is 0. The van der Waals surface area contributed by atoms with Crippen LogP contribution in [0.1, 0.15) is 1.43 Å². The Balaban J connectivity index is 0.00000306. The second-order valence-corrected chi connectivity index (χ2v) is 12.8. The lowest BCUT2D eigenvalue weighted by Crippen LogP contribution is -1.92. The Labute approximate surface area is 276 Å². The molecule has 0 saturated carbocycles. The summed E-state index contributed by atoms with van der Waals surface area (Å²) in [6.07, 6.45) is 0. The van der Waals surface area contributed by atoms with Crippen molar-refractivity contribution in [2.75, 3.05) is 0 Å². The van der Waals surface area contributed by atoms with Crippen molar-refractivity contribution in [3.63, 3.8) is 0 Å². The van der Waals surface area contributed by atoms with Crippen LogP contribution in [0.2, 0.25) is 0 Å². The average molecular weight is 614 g/mol. The monoisotopic (exact) mass is 613 g/mol. The predicted molar refractivity (Wildman–Crippen MR) is 204 cm³/mol. The molecule has 11 aromatic rings. The van der Waals surface area contributed by atoms with Gasteiger partial charge in [-0.05, 0) is 95.7 Å². The third-order valence-corrected chi connectivity index (χ3v) is 10.2. The van der Waals surface area contributed by atoms with Gasteiger partial charge in [0.25, 0.3) is 0 Å². The maximum absolute atomic E-state index is 6.77. The minimum Gasteiger partial charge on any atom is -0.456 e. The minimum atomic E-state index is 0. The van der Waals surface area contributed by atoms with Gasteiger partial charge in [-0.2, -0.15) is 0 Å². The predicted octanol–water partition coefficient (Wildman–Crippen LogP) is 13.7. The molecule has 0 aliphatic carbocycles. The van der Waals surface area contributed by atoms with Crippen LogP contribution in [0.4, 0.5) is 0 Å². The Morgan fingerprint density at radius 2 is 0.854 bits per heavy atom. The summed E-state index contributed by atoms with van der Waals surface area (Å²) in [6, 6.07) is 56.7. The van der Waals surface area contributed by atoms with Crippen LogP contribution in [0.25, 0.3) is 109 Å². The van der Waals surface area contributed by atoms with Crippen molar-refractivity contribution >= 4 is 87.0 Å². The molecule has 9 aromatic carbocycles. The van der Waals surface area contributed by atoms with Crippen molar-refractivity contribution in [3.05, 3.63) is 158 Å². The average Bonchev–Trinajstić information content (AvgIpc) is 3.69. The molecule has 2 aromatic heterocycles. The molecule has 0 atom stereocenters. The van der Waals surface area contributed by atoms with E-state index in [9.17, 15) is 0 Å². The SMILES string of the molecule is [2HH].c1ccc2cc(-c3c4ccccc4c(-c4cc5oc6cc7c(cc6c5c5ccccc45)oc4ccccc47)c4ccccc34)ccc2c1. The van der Waals surface area contributed by atoms with E-state index in [0.29, 0.717) is 0 Å². The first kappa shape index (κ1) is 25.8. The molecular weight excluding hydrogens is 585 g/mol. The molecule has 0 bridgehead atoms. The summed E-state index contributed by atoms with van der Waals surface area (Å²) in [5.41, 5.74) is 8.40. The fourth-order valence-corrected chi connectivity index (χ4v) is 8.14. The maximum atomic E-state index is 6.77. The van der Waals surface area contributed by atoms with Gasteiger partial charge in [-0.25, -0.2) is 0 Å². The van der Waals surface area contributed by atoms with Crippen LogP contribution in [0.3, 0.4) is 0 Å². The van der Waals surface area contributed by atoms with E-state index in [2.05, 4.69) is 146 Å². The van der Waals surface area contributed by atoms with E-state index in [1.807, 2.05) is 12.1 Å². The maximum Gasteiger partial charge on any atom is 0.136 e. The van der Waals surface area contributed by atoms with Gasteiger partial charge in [-0.15, -0.1) is 0 Å². The summed E-state index contributed by atoms with van der Waals surface area (Å²) in [5, 5.41) is 14.2. The lowest BCUT2D eigenvalue weighted by molar-refractivity contribution is 0.664. The first-order valence-corrected chi connectivity index (χ1v) is 16.4. The molecule has 48 heavy (non-hydrogen) atoms. The molecule has 2 nitrogen and oxygen atoms in total. The molecule has 0 radical (unpaired) electrons. The van der Waals surface area contributed by atoms with Crippen LogP contribution in [-0.2, 0) is 0 Å². The van der Waals surface area contributed by atoms with Crippen LogP contribution in [0, 0.1) is 0 Å². The smallest absolute Gasteiger partial charge is 0.136 e. The number of fused-ring (bicyclic) bond motifs is 11. The van der Waals surface area contributed by atoms with Crippen molar-refractivity contribution in [2.45, 2.75) is 0 Å². The Hall–Kier alpha value is -6.38. The highest BCUT2D eigenvalue weighted by Gasteiger charge is 2.22. The third-order valence-electron chi connectivity index (χ3n) is 10.2. The van der Waals surface area contributed by atoms with Crippen molar-refractivity contribution in [1.82, 2.24) is 0 Å². The fraction of sp³-hybridized carbons (Fsp3) is 0. The lowest BCUT2D eigenvalue weighted by Gasteiger charge is -2.19. The van der Waals surface area contributed by atoms with Gasteiger partial charge in [0.15, 0.2) is 0 Å². The molecule has 2 heterocycles. The molecule has 0 saturated heterocycles. The Morgan fingerprint density at radius 3 is 1.60 bits per heavy atom. The lowest BCUT2D eigenvalue weighted by atomic mass is 9.84. The number of furan rings is 2. The molecule has 0 unspecified atom stereocenters. The van der Waals surface area contributed by atoms with Gasteiger partial charge in [-0.1, -0.05) is 127 Å². The van der Waals surface area contributed by atoms with Gasteiger partial charge in [0.2, 0.25) is 0 Å². The zero-order chi connectivity index (χ0) is 31.3. The van der Waals surface area contributed by atoms with Crippen LogP contribution in [0.15, 0.2) is 167 Å². The number of hydrogen-bond donors (Lipinski definition) is 0.